The highest BCUT2D eigenvalue weighted by Crippen LogP contribution is 2.49. The monoisotopic (exact) mass is 248 g/mol. The van der Waals surface area contributed by atoms with Crippen molar-refractivity contribution in [1.82, 2.24) is 9.55 Å². The quantitative estimate of drug-likeness (QED) is 0.870. The summed E-state index contributed by atoms with van der Waals surface area (Å²) in [6, 6.07) is 0. The Bertz CT molecular complexity index is 401. The number of aromatic nitrogens is 2. The first-order chi connectivity index (χ1) is 8.78. The standard InChI is InChI=1S/C15H24N2O/c1-2-6-17-7-5-16-15(17)10-14(18)13-9-11-3-4-12(13)8-11/h5,7,11-14,18H,2-4,6,8-10H2,1H3. The fraction of sp³-hybridized carbons (Fsp3) is 0.800. The summed E-state index contributed by atoms with van der Waals surface area (Å²) in [7, 11) is 0. The lowest BCUT2D eigenvalue weighted by Gasteiger charge is -2.26. The third-order valence-electron chi connectivity index (χ3n) is 4.94. The Kier molecular flexibility index (Phi) is 3.42. The largest absolute Gasteiger partial charge is 0.392 e. The Hall–Kier alpha value is -0.830. The average Bonchev–Trinajstić information content (AvgIpc) is 3.06. The van der Waals surface area contributed by atoms with Crippen molar-refractivity contribution < 1.29 is 5.11 Å². The molecule has 0 amide bonds. The zero-order chi connectivity index (χ0) is 12.5. The van der Waals surface area contributed by atoms with Crippen LogP contribution in [0.3, 0.4) is 0 Å². The molecule has 3 rings (SSSR count). The molecule has 2 aliphatic rings. The summed E-state index contributed by atoms with van der Waals surface area (Å²) in [6.45, 7) is 3.19. The predicted molar refractivity (Wildman–Crippen MR) is 71.2 cm³/mol. The summed E-state index contributed by atoms with van der Waals surface area (Å²) in [4.78, 5) is 4.41. The zero-order valence-electron chi connectivity index (χ0n) is 11.3. The highest BCUT2D eigenvalue weighted by molar-refractivity contribution is 4.99. The fourth-order valence-electron chi connectivity index (χ4n) is 4.08. The molecule has 0 aliphatic heterocycles. The smallest absolute Gasteiger partial charge is 0.111 e. The van der Waals surface area contributed by atoms with Crippen LogP contribution in [-0.2, 0) is 13.0 Å². The lowest BCUT2D eigenvalue weighted by Crippen LogP contribution is -2.28. The summed E-state index contributed by atoms with van der Waals surface area (Å²) in [5.41, 5.74) is 0. The number of nitrogens with zero attached hydrogens (tertiary/aromatic N) is 2. The van der Waals surface area contributed by atoms with Gasteiger partial charge in [0.1, 0.15) is 5.82 Å². The molecule has 4 unspecified atom stereocenters. The molecule has 1 N–H and O–H groups in total. The summed E-state index contributed by atoms with van der Waals surface area (Å²) in [6.07, 6.45) is 10.9. The highest BCUT2D eigenvalue weighted by Gasteiger charge is 2.42. The SMILES string of the molecule is CCCn1ccnc1CC(O)C1CC2CCC1C2. The zero-order valence-corrected chi connectivity index (χ0v) is 11.3. The van der Waals surface area contributed by atoms with Gasteiger partial charge in [-0.3, -0.25) is 0 Å². The highest BCUT2D eigenvalue weighted by atomic mass is 16.3. The molecule has 2 aliphatic carbocycles. The average molecular weight is 248 g/mol. The Morgan fingerprint density at radius 2 is 2.33 bits per heavy atom. The molecule has 0 aromatic carbocycles. The van der Waals surface area contributed by atoms with E-state index in [4.69, 9.17) is 0 Å². The van der Waals surface area contributed by atoms with E-state index in [1.807, 2.05) is 12.4 Å². The van der Waals surface area contributed by atoms with E-state index in [1.165, 1.54) is 25.7 Å². The van der Waals surface area contributed by atoms with Crippen LogP contribution in [0.15, 0.2) is 12.4 Å². The molecule has 4 atom stereocenters. The molecular formula is C15H24N2O. The van der Waals surface area contributed by atoms with Crippen LogP contribution in [0.1, 0.15) is 44.9 Å². The van der Waals surface area contributed by atoms with Gasteiger partial charge in [-0.25, -0.2) is 4.98 Å². The number of imidazole rings is 1. The number of aryl methyl sites for hydroxylation is 1. The Balaban J connectivity index is 1.63. The maximum atomic E-state index is 10.5. The summed E-state index contributed by atoms with van der Waals surface area (Å²) in [5, 5.41) is 10.5. The van der Waals surface area contributed by atoms with Gasteiger partial charge < -0.3 is 9.67 Å². The van der Waals surface area contributed by atoms with E-state index in [1.54, 1.807) is 0 Å². The summed E-state index contributed by atoms with van der Waals surface area (Å²) in [5.74, 6) is 3.30. The molecule has 2 saturated carbocycles. The molecule has 0 spiro atoms. The van der Waals surface area contributed by atoms with Gasteiger partial charge >= 0.3 is 0 Å². The van der Waals surface area contributed by atoms with Crippen LogP contribution in [0.4, 0.5) is 0 Å². The first-order valence-electron chi connectivity index (χ1n) is 7.46. The lowest BCUT2D eigenvalue weighted by atomic mass is 9.83. The topological polar surface area (TPSA) is 38.0 Å². The van der Waals surface area contributed by atoms with Crippen LogP contribution in [0.25, 0.3) is 0 Å². The third kappa shape index (κ3) is 2.20. The van der Waals surface area contributed by atoms with E-state index in [9.17, 15) is 5.11 Å². The van der Waals surface area contributed by atoms with Gasteiger partial charge in [-0.05, 0) is 43.4 Å². The normalized spacial score (nSPS) is 32.0. The number of aliphatic hydroxyl groups excluding tert-OH is 1. The van der Waals surface area contributed by atoms with E-state index < -0.39 is 0 Å². The molecule has 0 saturated heterocycles. The van der Waals surface area contributed by atoms with Gasteiger partial charge in [-0.1, -0.05) is 13.3 Å². The van der Waals surface area contributed by atoms with Crippen molar-refractivity contribution in [3.8, 4) is 0 Å². The minimum Gasteiger partial charge on any atom is -0.392 e. The van der Waals surface area contributed by atoms with Crippen LogP contribution >= 0.6 is 0 Å². The number of fused-ring (bicyclic) bond motifs is 2. The van der Waals surface area contributed by atoms with Crippen LogP contribution in [0, 0.1) is 17.8 Å². The van der Waals surface area contributed by atoms with Crippen molar-refractivity contribution in [1.29, 1.82) is 0 Å². The van der Waals surface area contributed by atoms with Crippen molar-refractivity contribution in [3.63, 3.8) is 0 Å². The van der Waals surface area contributed by atoms with Crippen molar-refractivity contribution in [2.75, 3.05) is 0 Å². The Morgan fingerprint density at radius 3 is 3.00 bits per heavy atom. The molecule has 3 nitrogen and oxygen atoms in total. The maximum absolute atomic E-state index is 10.5. The summed E-state index contributed by atoms with van der Waals surface area (Å²) >= 11 is 0. The fourth-order valence-corrected chi connectivity index (χ4v) is 4.08. The van der Waals surface area contributed by atoms with Crippen molar-refractivity contribution >= 4 is 0 Å². The molecule has 0 radical (unpaired) electrons. The van der Waals surface area contributed by atoms with E-state index in [2.05, 4.69) is 16.5 Å². The van der Waals surface area contributed by atoms with Crippen molar-refractivity contribution in [2.24, 2.45) is 17.8 Å². The van der Waals surface area contributed by atoms with Crippen LogP contribution in [0.5, 0.6) is 0 Å². The first-order valence-corrected chi connectivity index (χ1v) is 7.46. The third-order valence-corrected chi connectivity index (χ3v) is 4.94. The second-order valence-corrected chi connectivity index (χ2v) is 6.15. The second kappa shape index (κ2) is 5.04. The van der Waals surface area contributed by atoms with Crippen LogP contribution in [0.2, 0.25) is 0 Å². The maximum Gasteiger partial charge on any atom is 0.111 e. The lowest BCUT2D eigenvalue weighted by molar-refractivity contribution is 0.0727. The number of rotatable bonds is 5. The predicted octanol–water partition coefficient (Wildman–Crippen LogP) is 2.63. The van der Waals surface area contributed by atoms with Gasteiger partial charge in [0.25, 0.3) is 0 Å². The Morgan fingerprint density at radius 1 is 1.44 bits per heavy atom. The van der Waals surface area contributed by atoms with Gasteiger partial charge in [0.15, 0.2) is 0 Å². The Labute approximate surface area is 109 Å². The minimum absolute atomic E-state index is 0.182. The molecular weight excluding hydrogens is 224 g/mol. The number of hydrogen-bond donors (Lipinski definition) is 1. The molecule has 18 heavy (non-hydrogen) atoms. The van der Waals surface area contributed by atoms with E-state index >= 15 is 0 Å². The van der Waals surface area contributed by atoms with Crippen molar-refractivity contribution in [3.05, 3.63) is 18.2 Å². The van der Waals surface area contributed by atoms with Crippen LogP contribution < -0.4 is 0 Å². The van der Waals surface area contributed by atoms with E-state index in [0.717, 1.165) is 37.0 Å². The first kappa shape index (κ1) is 12.2. The molecule has 1 heterocycles. The van der Waals surface area contributed by atoms with E-state index in [-0.39, 0.29) is 6.10 Å². The van der Waals surface area contributed by atoms with Gasteiger partial charge in [-0.2, -0.15) is 0 Å². The molecule has 1 aromatic rings. The second-order valence-electron chi connectivity index (χ2n) is 6.15. The van der Waals surface area contributed by atoms with Crippen molar-refractivity contribution in [2.45, 2.75) is 58.1 Å². The van der Waals surface area contributed by atoms with Gasteiger partial charge in [-0.15, -0.1) is 0 Å². The molecule has 2 bridgehead atoms. The summed E-state index contributed by atoms with van der Waals surface area (Å²) < 4.78 is 2.19. The van der Waals surface area contributed by atoms with Crippen LogP contribution in [-0.4, -0.2) is 20.8 Å². The number of hydrogen-bond acceptors (Lipinski definition) is 2. The van der Waals surface area contributed by atoms with Gasteiger partial charge in [0.2, 0.25) is 0 Å². The van der Waals surface area contributed by atoms with Gasteiger partial charge in [0.05, 0.1) is 6.10 Å². The number of aliphatic hydroxyl groups is 1. The molecule has 1 aromatic heterocycles. The molecule has 100 valence electrons. The molecule has 3 heteroatoms. The molecule has 2 fully saturated rings. The van der Waals surface area contributed by atoms with E-state index in [0.29, 0.717) is 5.92 Å². The minimum atomic E-state index is -0.182. The van der Waals surface area contributed by atoms with Gasteiger partial charge in [0, 0.05) is 25.4 Å².